The van der Waals surface area contributed by atoms with Gasteiger partial charge in [0.25, 0.3) is 0 Å². The zero-order valence-corrected chi connectivity index (χ0v) is 10.4. The lowest BCUT2D eigenvalue weighted by Crippen LogP contribution is -2.07. The van der Waals surface area contributed by atoms with Crippen molar-refractivity contribution in [3.05, 3.63) is 65.9 Å². The summed E-state index contributed by atoms with van der Waals surface area (Å²) in [6.45, 7) is 2.00. The van der Waals surface area contributed by atoms with Gasteiger partial charge in [0.2, 0.25) is 0 Å². The van der Waals surface area contributed by atoms with Gasteiger partial charge in [-0.1, -0.05) is 29.8 Å². The first kappa shape index (κ1) is 11.5. The SMILES string of the molecule is Cc1ccc2c(OC(=O)c3ccccc3)occ2c1. The highest BCUT2D eigenvalue weighted by Gasteiger charge is 2.13. The number of carbonyl (C=O) groups is 1. The monoisotopic (exact) mass is 252 g/mol. The van der Waals surface area contributed by atoms with Gasteiger partial charge in [0.15, 0.2) is 0 Å². The second-order valence-electron chi connectivity index (χ2n) is 4.37. The fourth-order valence-electron chi connectivity index (χ4n) is 1.94. The molecule has 0 spiro atoms. The minimum absolute atomic E-state index is 0.240. The standard InChI is InChI=1S/C16H12O3/c1-11-7-8-14-13(9-11)10-18-16(14)19-15(17)12-5-3-2-4-6-12/h2-10H,1H3. The van der Waals surface area contributed by atoms with E-state index >= 15 is 0 Å². The molecule has 0 aliphatic carbocycles. The topological polar surface area (TPSA) is 39.4 Å². The molecule has 0 N–H and O–H groups in total. The van der Waals surface area contributed by atoms with Gasteiger partial charge in [-0.05, 0) is 31.2 Å². The van der Waals surface area contributed by atoms with Crippen molar-refractivity contribution >= 4 is 16.7 Å². The molecule has 0 aliphatic rings. The molecule has 0 fully saturated rings. The summed E-state index contributed by atoms with van der Waals surface area (Å²) in [5, 5.41) is 1.73. The Labute approximate surface area is 110 Å². The molecule has 0 saturated heterocycles. The minimum Gasteiger partial charge on any atom is -0.433 e. The Morgan fingerprint density at radius 2 is 1.89 bits per heavy atom. The molecule has 0 atom stereocenters. The van der Waals surface area contributed by atoms with Crippen LogP contribution in [0.4, 0.5) is 0 Å². The third-order valence-electron chi connectivity index (χ3n) is 2.91. The molecular formula is C16H12O3. The van der Waals surface area contributed by atoms with E-state index in [1.54, 1.807) is 30.5 Å². The van der Waals surface area contributed by atoms with Crippen molar-refractivity contribution < 1.29 is 13.9 Å². The Kier molecular flexibility index (Phi) is 2.80. The quantitative estimate of drug-likeness (QED) is 0.648. The molecule has 3 nitrogen and oxygen atoms in total. The minimum atomic E-state index is -0.419. The fraction of sp³-hybridized carbons (Fsp3) is 0.0625. The van der Waals surface area contributed by atoms with Crippen molar-refractivity contribution in [1.29, 1.82) is 0 Å². The highest BCUT2D eigenvalue weighted by Crippen LogP contribution is 2.29. The molecule has 19 heavy (non-hydrogen) atoms. The van der Waals surface area contributed by atoms with E-state index in [-0.39, 0.29) is 5.95 Å². The molecule has 2 aromatic carbocycles. The Morgan fingerprint density at radius 1 is 1.11 bits per heavy atom. The van der Waals surface area contributed by atoms with Crippen LogP contribution in [-0.2, 0) is 0 Å². The third kappa shape index (κ3) is 2.22. The van der Waals surface area contributed by atoms with Crippen molar-refractivity contribution in [1.82, 2.24) is 0 Å². The van der Waals surface area contributed by atoms with E-state index in [9.17, 15) is 4.79 Å². The van der Waals surface area contributed by atoms with Crippen LogP contribution in [-0.4, -0.2) is 5.97 Å². The van der Waals surface area contributed by atoms with Gasteiger partial charge in [-0.25, -0.2) is 4.79 Å². The van der Waals surface area contributed by atoms with Gasteiger partial charge < -0.3 is 9.15 Å². The lowest BCUT2D eigenvalue weighted by Gasteiger charge is -2.01. The second kappa shape index (κ2) is 4.61. The van der Waals surface area contributed by atoms with E-state index in [2.05, 4.69) is 0 Å². The van der Waals surface area contributed by atoms with Crippen LogP contribution in [0.15, 0.2) is 59.2 Å². The van der Waals surface area contributed by atoms with Crippen LogP contribution < -0.4 is 4.74 Å². The van der Waals surface area contributed by atoms with Crippen molar-refractivity contribution in [2.24, 2.45) is 0 Å². The van der Waals surface area contributed by atoms with Gasteiger partial charge in [-0.3, -0.25) is 0 Å². The molecular weight excluding hydrogens is 240 g/mol. The lowest BCUT2D eigenvalue weighted by atomic mass is 10.1. The van der Waals surface area contributed by atoms with Crippen LogP contribution in [0.25, 0.3) is 10.8 Å². The summed E-state index contributed by atoms with van der Waals surface area (Å²) in [5.41, 5.74) is 1.63. The van der Waals surface area contributed by atoms with Gasteiger partial charge in [0.1, 0.15) is 6.26 Å². The van der Waals surface area contributed by atoms with Crippen molar-refractivity contribution in [2.75, 3.05) is 0 Å². The zero-order valence-electron chi connectivity index (χ0n) is 10.4. The van der Waals surface area contributed by atoms with Crippen LogP contribution in [0.2, 0.25) is 0 Å². The molecule has 3 heteroatoms. The summed E-state index contributed by atoms with van der Waals surface area (Å²) in [6, 6.07) is 14.7. The summed E-state index contributed by atoms with van der Waals surface area (Å²) in [5.74, 6) is -0.179. The van der Waals surface area contributed by atoms with E-state index in [4.69, 9.17) is 9.15 Å². The van der Waals surface area contributed by atoms with E-state index in [0.29, 0.717) is 5.56 Å². The first-order valence-electron chi connectivity index (χ1n) is 5.99. The number of benzene rings is 2. The number of esters is 1. The zero-order chi connectivity index (χ0) is 13.2. The van der Waals surface area contributed by atoms with Gasteiger partial charge >= 0.3 is 11.9 Å². The van der Waals surface area contributed by atoms with Crippen LogP contribution in [0, 0.1) is 6.92 Å². The summed E-state index contributed by atoms with van der Waals surface area (Å²) in [4.78, 5) is 11.9. The second-order valence-corrected chi connectivity index (χ2v) is 4.37. The summed E-state index contributed by atoms with van der Waals surface area (Å²) in [6.07, 6.45) is 1.59. The molecule has 0 radical (unpaired) electrons. The number of hydrogen-bond donors (Lipinski definition) is 0. The largest absolute Gasteiger partial charge is 0.433 e. The van der Waals surface area contributed by atoms with Gasteiger partial charge in [-0.2, -0.15) is 0 Å². The first-order valence-corrected chi connectivity index (χ1v) is 5.99. The molecule has 0 saturated carbocycles. The fourth-order valence-corrected chi connectivity index (χ4v) is 1.94. The number of aryl methyl sites for hydroxylation is 1. The highest BCUT2D eigenvalue weighted by atomic mass is 16.6. The van der Waals surface area contributed by atoms with E-state index in [0.717, 1.165) is 16.3 Å². The Hall–Kier alpha value is -2.55. The maximum atomic E-state index is 11.9. The van der Waals surface area contributed by atoms with Crippen molar-refractivity contribution in [3.63, 3.8) is 0 Å². The third-order valence-corrected chi connectivity index (χ3v) is 2.91. The molecule has 3 rings (SSSR count). The molecule has 1 heterocycles. The number of ether oxygens (including phenoxy) is 1. The number of fused-ring (bicyclic) bond motifs is 1. The number of rotatable bonds is 2. The van der Waals surface area contributed by atoms with Crippen LogP contribution in [0.3, 0.4) is 0 Å². The number of carbonyl (C=O) groups excluding carboxylic acids is 1. The lowest BCUT2D eigenvalue weighted by molar-refractivity contribution is 0.0697. The maximum absolute atomic E-state index is 11.9. The average Bonchev–Trinajstić information content (AvgIpc) is 2.82. The van der Waals surface area contributed by atoms with E-state index in [1.807, 2.05) is 31.2 Å². The van der Waals surface area contributed by atoms with Crippen molar-refractivity contribution in [3.8, 4) is 5.95 Å². The smallest absolute Gasteiger partial charge is 0.345 e. The number of hydrogen-bond acceptors (Lipinski definition) is 3. The average molecular weight is 252 g/mol. The summed E-state index contributed by atoms with van der Waals surface area (Å²) < 4.78 is 10.6. The van der Waals surface area contributed by atoms with Gasteiger partial charge in [0.05, 0.1) is 10.9 Å². The van der Waals surface area contributed by atoms with Gasteiger partial charge in [0, 0.05) is 5.39 Å². The molecule has 94 valence electrons. The Bertz CT molecular complexity index is 726. The van der Waals surface area contributed by atoms with Crippen LogP contribution >= 0.6 is 0 Å². The summed E-state index contributed by atoms with van der Waals surface area (Å²) in [7, 11) is 0. The Balaban J connectivity index is 1.92. The van der Waals surface area contributed by atoms with Crippen molar-refractivity contribution in [2.45, 2.75) is 6.92 Å². The van der Waals surface area contributed by atoms with E-state index < -0.39 is 5.97 Å². The summed E-state index contributed by atoms with van der Waals surface area (Å²) >= 11 is 0. The highest BCUT2D eigenvalue weighted by molar-refractivity contribution is 5.94. The first-order chi connectivity index (χ1) is 9.24. The van der Waals surface area contributed by atoms with Crippen LogP contribution in [0.1, 0.15) is 15.9 Å². The number of furan rings is 1. The van der Waals surface area contributed by atoms with Gasteiger partial charge in [-0.15, -0.1) is 0 Å². The molecule has 0 unspecified atom stereocenters. The van der Waals surface area contributed by atoms with E-state index in [1.165, 1.54) is 0 Å². The molecule has 0 aliphatic heterocycles. The van der Waals surface area contributed by atoms with Crippen LogP contribution in [0.5, 0.6) is 5.95 Å². The Morgan fingerprint density at radius 3 is 2.68 bits per heavy atom. The normalized spacial score (nSPS) is 10.6. The molecule has 0 amide bonds. The molecule has 0 bridgehead atoms. The molecule has 3 aromatic rings. The molecule has 1 aromatic heterocycles. The predicted molar refractivity (Wildman–Crippen MR) is 72.4 cm³/mol. The maximum Gasteiger partial charge on any atom is 0.345 e. The predicted octanol–water partition coefficient (Wildman–Crippen LogP) is 3.96.